The van der Waals surface area contributed by atoms with Crippen molar-refractivity contribution < 1.29 is 8.78 Å². The molecule has 0 amide bonds. The molecule has 4 heterocycles. The molecule has 31 heavy (non-hydrogen) atoms. The van der Waals surface area contributed by atoms with Gasteiger partial charge in [-0.1, -0.05) is 0 Å². The molecule has 10 heteroatoms. The number of pyridine rings is 1. The van der Waals surface area contributed by atoms with E-state index in [2.05, 4.69) is 20.5 Å². The molecule has 0 unspecified atom stereocenters. The quantitative estimate of drug-likeness (QED) is 0.686. The summed E-state index contributed by atoms with van der Waals surface area (Å²) in [6.07, 6.45) is 4.10. The summed E-state index contributed by atoms with van der Waals surface area (Å²) in [5.74, 6) is -2.58. The van der Waals surface area contributed by atoms with Gasteiger partial charge in [-0.15, -0.1) is 0 Å². The van der Waals surface area contributed by atoms with Gasteiger partial charge >= 0.3 is 0 Å². The van der Waals surface area contributed by atoms with Gasteiger partial charge in [0.25, 0.3) is 11.5 Å². The third kappa shape index (κ3) is 4.03. The maximum Gasteiger partial charge on any atom is 0.278 e. The number of piperidine rings is 1. The van der Waals surface area contributed by atoms with Gasteiger partial charge < -0.3 is 10.2 Å². The minimum absolute atomic E-state index is 0.0297. The van der Waals surface area contributed by atoms with E-state index in [0.717, 1.165) is 16.8 Å². The van der Waals surface area contributed by atoms with Gasteiger partial charge in [0.2, 0.25) is 0 Å². The Bertz CT molecular complexity index is 1210. The maximum absolute atomic E-state index is 13.6. The Morgan fingerprint density at radius 2 is 2.03 bits per heavy atom. The summed E-state index contributed by atoms with van der Waals surface area (Å²) < 4.78 is 28.6. The number of halogens is 2. The number of anilines is 2. The zero-order valence-electron chi connectivity index (χ0n) is 17.1. The van der Waals surface area contributed by atoms with Crippen LogP contribution in [-0.4, -0.2) is 38.6 Å². The topological polar surface area (TPSA) is 99.2 Å². The predicted octanol–water partition coefficient (Wildman–Crippen LogP) is 3.07. The second-order valence-electron chi connectivity index (χ2n) is 7.73. The normalized spacial score (nSPS) is 16.7. The van der Waals surface area contributed by atoms with Crippen LogP contribution in [0.15, 0.2) is 35.5 Å². The van der Waals surface area contributed by atoms with Crippen LogP contribution in [0.2, 0.25) is 0 Å². The predicted molar refractivity (Wildman–Crippen MR) is 111 cm³/mol. The van der Waals surface area contributed by atoms with Crippen molar-refractivity contribution in [1.29, 1.82) is 5.26 Å². The summed E-state index contributed by atoms with van der Waals surface area (Å²) in [5, 5.41) is 20.5. The highest BCUT2D eigenvalue weighted by Gasteiger charge is 2.35. The van der Waals surface area contributed by atoms with Gasteiger partial charge in [0.1, 0.15) is 11.7 Å². The first-order chi connectivity index (χ1) is 14.8. The Labute approximate surface area is 177 Å². The van der Waals surface area contributed by atoms with Crippen molar-refractivity contribution in [2.75, 3.05) is 23.3 Å². The van der Waals surface area contributed by atoms with Crippen LogP contribution < -0.4 is 15.8 Å². The molecule has 0 spiro atoms. The molecule has 8 nitrogen and oxygen atoms in total. The van der Waals surface area contributed by atoms with E-state index in [4.69, 9.17) is 0 Å². The van der Waals surface area contributed by atoms with Crippen LogP contribution in [0.1, 0.15) is 42.5 Å². The molecule has 1 saturated heterocycles. The van der Waals surface area contributed by atoms with E-state index in [-0.39, 0.29) is 43.4 Å². The zero-order chi connectivity index (χ0) is 22.2. The Morgan fingerprint density at radius 3 is 2.68 bits per heavy atom. The van der Waals surface area contributed by atoms with Crippen molar-refractivity contribution in [2.24, 2.45) is 0 Å². The molecule has 1 fully saturated rings. The van der Waals surface area contributed by atoms with Gasteiger partial charge in [-0.2, -0.15) is 15.5 Å². The smallest absolute Gasteiger partial charge is 0.278 e. The monoisotopic (exact) mass is 425 g/mol. The highest BCUT2D eigenvalue weighted by Crippen LogP contribution is 2.31. The SMILES string of the molecule is Cc1cc([C@@H](C)Nc2ccnnc2)c2nc(N3CCC(F)(F)CC3)c(C#N)c(=O)n2c1. The van der Waals surface area contributed by atoms with Crippen LogP contribution >= 0.6 is 0 Å². The molecule has 0 bridgehead atoms. The van der Waals surface area contributed by atoms with Crippen molar-refractivity contribution in [3.05, 3.63) is 57.8 Å². The summed E-state index contributed by atoms with van der Waals surface area (Å²) in [4.78, 5) is 19.4. The first-order valence-electron chi connectivity index (χ1n) is 9.92. The fourth-order valence-corrected chi connectivity index (χ4v) is 3.79. The average molecular weight is 425 g/mol. The van der Waals surface area contributed by atoms with E-state index in [1.165, 1.54) is 4.40 Å². The molecular weight excluding hydrogens is 404 g/mol. The fourth-order valence-electron chi connectivity index (χ4n) is 3.79. The molecule has 1 aliphatic rings. The van der Waals surface area contributed by atoms with E-state index in [1.54, 1.807) is 29.6 Å². The first-order valence-corrected chi connectivity index (χ1v) is 9.92. The molecule has 160 valence electrons. The fraction of sp³-hybridized carbons (Fsp3) is 0.381. The Morgan fingerprint density at radius 1 is 1.29 bits per heavy atom. The van der Waals surface area contributed by atoms with E-state index in [0.29, 0.717) is 5.65 Å². The second kappa shape index (κ2) is 7.91. The number of aryl methyl sites for hydroxylation is 1. The van der Waals surface area contributed by atoms with Crippen molar-refractivity contribution in [3.63, 3.8) is 0 Å². The Hall–Kier alpha value is -3.61. The van der Waals surface area contributed by atoms with E-state index in [9.17, 15) is 18.8 Å². The summed E-state index contributed by atoms with van der Waals surface area (Å²) >= 11 is 0. The highest BCUT2D eigenvalue weighted by molar-refractivity contribution is 5.62. The lowest BCUT2D eigenvalue weighted by atomic mass is 10.1. The lowest BCUT2D eigenvalue weighted by Crippen LogP contribution is -2.41. The molecule has 0 aliphatic carbocycles. The lowest BCUT2D eigenvalue weighted by Gasteiger charge is -2.33. The molecule has 3 aromatic heterocycles. The van der Waals surface area contributed by atoms with E-state index in [1.807, 2.05) is 26.0 Å². The molecule has 0 radical (unpaired) electrons. The van der Waals surface area contributed by atoms with Crippen molar-refractivity contribution in [2.45, 2.75) is 38.7 Å². The van der Waals surface area contributed by atoms with Crippen LogP contribution in [0.25, 0.3) is 5.65 Å². The van der Waals surface area contributed by atoms with Gasteiger partial charge in [-0.25, -0.2) is 13.8 Å². The summed E-state index contributed by atoms with van der Waals surface area (Å²) in [7, 11) is 0. The minimum atomic E-state index is -2.74. The summed E-state index contributed by atoms with van der Waals surface area (Å²) in [6, 6.07) is 5.36. The number of alkyl halides is 2. The molecule has 1 atom stereocenters. The van der Waals surface area contributed by atoms with Gasteiger partial charge in [0.15, 0.2) is 11.4 Å². The van der Waals surface area contributed by atoms with Crippen molar-refractivity contribution >= 4 is 17.2 Å². The van der Waals surface area contributed by atoms with Gasteiger partial charge in [0, 0.05) is 37.7 Å². The number of rotatable bonds is 4. The molecule has 3 aromatic rings. The molecular formula is C21H21F2N7O. The molecule has 1 aliphatic heterocycles. The summed E-state index contributed by atoms with van der Waals surface area (Å²) in [5.41, 5.74) is 2.03. The van der Waals surface area contributed by atoms with Crippen LogP contribution in [0.4, 0.5) is 20.3 Å². The number of hydrogen-bond donors (Lipinski definition) is 1. The average Bonchev–Trinajstić information content (AvgIpc) is 2.74. The summed E-state index contributed by atoms with van der Waals surface area (Å²) in [6.45, 7) is 3.83. The third-order valence-corrected chi connectivity index (χ3v) is 5.41. The van der Waals surface area contributed by atoms with Crippen LogP contribution in [0.5, 0.6) is 0 Å². The second-order valence-corrected chi connectivity index (χ2v) is 7.73. The number of nitrogens with one attached hydrogen (secondary N) is 1. The van der Waals surface area contributed by atoms with E-state index >= 15 is 0 Å². The number of hydrogen-bond acceptors (Lipinski definition) is 7. The van der Waals surface area contributed by atoms with E-state index < -0.39 is 11.5 Å². The number of nitrogens with zero attached hydrogens (tertiary/aromatic N) is 6. The minimum Gasteiger partial charge on any atom is -0.377 e. The van der Waals surface area contributed by atoms with Crippen molar-refractivity contribution in [1.82, 2.24) is 19.6 Å². The maximum atomic E-state index is 13.6. The molecule has 0 saturated carbocycles. The largest absolute Gasteiger partial charge is 0.377 e. The Balaban J connectivity index is 1.83. The lowest BCUT2D eigenvalue weighted by molar-refractivity contribution is -0.0221. The van der Waals surface area contributed by atoms with Gasteiger partial charge in [-0.05, 0) is 31.5 Å². The van der Waals surface area contributed by atoms with Crippen LogP contribution in [0.3, 0.4) is 0 Å². The van der Waals surface area contributed by atoms with Crippen LogP contribution in [0, 0.1) is 18.3 Å². The number of fused-ring (bicyclic) bond motifs is 1. The van der Waals surface area contributed by atoms with Gasteiger partial charge in [0.05, 0.1) is 24.1 Å². The highest BCUT2D eigenvalue weighted by atomic mass is 19.3. The molecule has 4 rings (SSSR count). The third-order valence-electron chi connectivity index (χ3n) is 5.41. The number of aromatic nitrogens is 4. The molecule has 0 aromatic carbocycles. The number of nitriles is 1. The van der Waals surface area contributed by atoms with Gasteiger partial charge in [-0.3, -0.25) is 9.20 Å². The van der Waals surface area contributed by atoms with Crippen molar-refractivity contribution in [3.8, 4) is 6.07 Å². The first kappa shape index (κ1) is 20.7. The standard InChI is InChI=1S/C21H21F2N7O/c1-13-9-16(14(2)27-15-3-6-25-26-11-15)19-28-18(17(10-24)20(31)30(19)12-13)29-7-4-21(22,23)5-8-29/h3,6,9,11-12,14H,4-5,7-8H2,1-2H3,(H,25,27)/t14-/m1/s1. The molecule has 1 N–H and O–H groups in total. The Kier molecular flexibility index (Phi) is 5.27. The zero-order valence-corrected chi connectivity index (χ0v) is 17.1. The van der Waals surface area contributed by atoms with Crippen LogP contribution in [-0.2, 0) is 0 Å².